The van der Waals surface area contributed by atoms with Crippen molar-refractivity contribution in [2.24, 2.45) is 5.41 Å². The van der Waals surface area contributed by atoms with E-state index >= 15 is 0 Å². The van der Waals surface area contributed by atoms with Crippen molar-refractivity contribution in [2.45, 2.75) is 64.0 Å². The van der Waals surface area contributed by atoms with Gasteiger partial charge in [0.05, 0.1) is 12.2 Å². The van der Waals surface area contributed by atoms with Gasteiger partial charge in [0.1, 0.15) is 0 Å². The van der Waals surface area contributed by atoms with Gasteiger partial charge in [-0.15, -0.1) is 0 Å². The summed E-state index contributed by atoms with van der Waals surface area (Å²) in [5.74, 6) is 0. The Morgan fingerprint density at radius 2 is 1.94 bits per heavy atom. The number of rotatable bonds is 4. The first-order chi connectivity index (χ1) is 8.58. The lowest BCUT2D eigenvalue weighted by Gasteiger charge is -2.50. The minimum absolute atomic E-state index is 0.113. The van der Waals surface area contributed by atoms with Crippen LogP contribution in [0.4, 0.5) is 0 Å². The molecular formula is C15H29NO2. The number of hydrogen-bond donors (Lipinski definition) is 1. The molecule has 1 spiro atoms. The van der Waals surface area contributed by atoms with Gasteiger partial charge in [-0.25, -0.2) is 0 Å². The number of ether oxygens (including phenoxy) is 2. The molecule has 3 nitrogen and oxygen atoms in total. The monoisotopic (exact) mass is 255 g/mol. The summed E-state index contributed by atoms with van der Waals surface area (Å²) in [5.41, 5.74) is 0.616. The first kappa shape index (κ1) is 14.3. The summed E-state index contributed by atoms with van der Waals surface area (Å²) in [5, 5.41) is 3.69. The summed E-state index contributed by atoms with van der Waals surface area (Å²) in [6, 6.07) is 0.525. The minimum Gasteiger partial charge on any atom is -0.385 e. The normalized spacial score (nSPS) is 30.5. The average molecular weight is 255 g/mol. The quantitative estimate of drug-likeness (QED) is 0.784. The van der Waals surface area contributed by atoms with Crippen LogP contribution in [-0.2, 0) is 9.47 Å². The number of hydrogen-bond acceptors (Lipinski definition) is 3. The molecule has 0 amide bonds. The van der Waals surface area contributed by atoms with Crippen LogP contribution in [0.3, 0.4) is 0 Å². The van der Waals surface area contributed by atoms with Gasteiger partial charge < -0.3 is 14.8 Å². The van der Waals surface area contributed by atoms with Crippen molar-refractivity contribution in [1.29, 1.82) is 0 Å². The lowest BCUT2D eigenvalue weighted by Crippen LogP contribution is -2.59. The molecule has 0 radical (unpaired) electrons. The second-order valence-corrected chi connectivity index (χ2v) is 6.72. The van der Waals surface area contributed by atoms with Crippen molar-refractivity contribution in [3.8, 4) is 0 Å². The van der Waals surface area contributed by atoms with E-state index in [4.69, 9.17) is 9.47 Å². The molecule has 1 saturated carbocycles. The number of morpholine rings is 1. The van der Waals surface area contributed by atoms with Gasteiger partial charge in [0.25, 0.3) is 0 Å². The fourth-order valence-electron chi connectivity index (χ4n) is 3.41. The largest absolute Gasteiger partial charge is 0.385 e. The van der Waals surface area contributed by atoms with Crippen LogP contribution >= 0.6 is 0 Å². The lowest BCUT2D eigenvalue weighted by atomic mass is 9.67. The molecule has 1 aliphatic carbocycles. The van der Waals surface area contributed by atoms with Gasteiger partial charge in [-0.05, 0) is 43.9 Å². The van der Waals surface area contributed by atoms with E-state index in [-0.39, 0.29) is 5.60 Å². The van der Waals surface area contributed by atoms with Gasteiger partial charge in [0, 0.05) is 26.3 Å². The summed E-state index contributed by atoms with van der Waals surface area (Å²) in [6.45, 7) is 7.51. The molecule has 1 heterocycles. The zero-order chi connectivity index (χ0) is 13.1. The van der Waals surface area contributed by atoms with Gasteiger partial charge >= 0.3 is 0 Å². The molecule has 0 aromatic heterocycles. The third-order valence-electron chi connectivity index (χ3n) is 4.81. The Labute approximate surface area is 112 Å². The summed E-state index contributed by atoms with van der Waals surface area (Å²) < 4.78 is 11.4. The highest BCUT2D eigenvalue weighted by Gasteiger charge is 2.45. The SMILES string of the molecule is COCCCC1NCCOC12CCC(C)(C)CC2. The minimum atomic E-state index is 0.113. The topological polar surface area (TPSA) is 30.5 Å². The maximum absolute atomic E-state index is 6.24. The van der Waals surface area contributed by atoms with Crippen molar-refractivity contribution in [3.05, 3.63) is 0 Å². The molecule has 3 heteroatoms. The molecule has 0 aromatic rings. The second-order valence-electron chi connectivity index (χ2n) is 6.72. The van der Waals surface area contributed by atoms with E-state index in [1.165, 1.54) is 32.1 Å². The number of methoxy groups -OCH3 is 1. The Morgan fingerprint density at radius 1 is 1.22 bits per heavy atom. The van der Waals surface area contributed by atoms with Crippen LogP contribution in [0.25, 0.3) is 0 Å². The number of nitrogens with one attached hydrogen (secondary N) is 1. The molecule has 1 aliphatic heterocycles. The zero-order valence-electron chi connectivity index (χ0n) is 12.3. The molecule has 2 rings (SSSR count). The van der Waals surface area contributed by atoms with Crippen LogP contribution < -0.4 is 5.32 Å². The van der Waals surface area contributed by atoms with Gasteiger partial charge in [-0.2, -0.15) is 0 Å². The van der Waals surface area contributed by atoms with Crippen molar-refractivity contribution in [1.82, 2.24) is 5.32 Å². The van der Waals surface area contributed by atoms with E-state index < -0.39 is 0 Å². The van der Waals surface area contributed by atoms with Gasteiger partial charge in [-0.1, -0.05) is 13.8 Å². The fraction of sp³-hybridized carbons (Fsp3) is 1.00. The van der Waals surface area contributed by atoms with Crippen LogP contribution in [-0.4, -0.2) is 38.5 Å². The summed E-state index contributed by atoms with van der Waals surface area (Å²) in [4.78, 5) is 0. The highest BCUT2D eigenvalue weighted by molar-refractivity contribution is 5.00. The van der Waals surface area contributed by atoms with E-state index in [9.17, 15) is 0 Å². The molecule has 106 valence electrons. The van der Waals surface area contributed by atoms with Crippen molar-refractivity contribution in [3.63, 3.8) is 0 Å². The van der Waals surface area contributed by atoms with Crippen LogP contribution in [0, 0.1) is 5.41 Å². The third-order valence-corrected chi connectivity index (χ3v) is 4.81. The van der Waals surface area contributed by atoms with Crippen molar-refractivity contribution in [2.75, 3.05) is 26.9 Å². The lowest BCUT2D eigenvalue weighted by molar-refractivity contribution is -0.133. The maximum Gasteiger partial charge on any atom is 0.0835 e. The van der Waals surface area contributed by atoms with E-state index in [1.807, 2.05) is 0 Å². The summed E-state index contributed by atoms with van der Waals surface area (Å²) in [6.07, 6.45) is 7.30. The Balaban J connectivity index is 1.94. The van der Waals surface area contributed by atoms with Crippen molar-refractivity contribution < 1.29 is 9.47 Å². The molecule has 1 atom stereocenters. The van der Waals surface area contributed by atoms with Crippen LogP contribution in [0.5, 0.6) is 0 Å². The highest BCUT2D eigenvalue weighted by Crippen LogP contribution is 2.45. The molecule has 1 saturated heterocycles. The van der Waals surface area contributed by atoms with Crippen molar-refractivity contribution >= 4 is 0 Å². The predicted molar refractivity (Wildman–Crippen MR) is 73.8 cm³/mol. The van der Waals surface area contributed by atoms with E-state index in [0.29, 0.717) is 11.5 Å². The van der Waals surface area contributed by atoms with Crippen LogP contribution in [0.2, 0.25) is 0 Å². The van der Waals surface area contributed by atoms with E-state index in [1.54, 1.807) is 7.11 Å². The molecule has 0 bridgehead atoms. The summed E-state index contributed by atoms with van der Waals surface area (Å²) >= 11 is 0. The molecule has 1 unspecified atom stereocenters. The first-order valence-corrected chi connectivity index (χ1v) is 7.44. The van der Waals surface area contributed by atoms with Gasteiger partial charge in [-0.3, -0.25) is 0 Å². The second kappa shape index (κ2) is 5.89. The van der Waals surface area contributed by atoms with Crippen LogP contribution in [0.15, 0.2) is 0 Å². The Morgan fingerprint density at radius 3 is 2.61 bits per heavy atom. The molecule has 0 aromatic carbocycles. The fourth-order valence-corrected chi connectivity index (χ4v) is 3.41. The molecular weight excluding hydrogens is 226 g/mol. The Hall–Kier alpha value is -0.120. The molecule has 18 heavy (non-hydrogen) atoms. The Kier molecular flexibility index (Phi) is 4.68. The van der Waals surface area contributed by atoms with E-state index in [2.05, 4.69) is 19.2 Å². The van der Waals surface area contributed by atoms with E-state index in [0.717, 1.165) is 26.2 Å². The average Bonchev–Trinajstić information content (AvgIpc) is 2.36. The predicted octanol–water partition coefficient (Wildman–Crippen LogP) is 2.74. The third kappa shape index (κ3) is 3.25. The molecule has 1 N–H and O–H groups in total. The molecule has 2 fully saturated rings. The Bertz CT molecular complexity index is 255. The smallest absolute Gasteiger partial charge is 0.0835 e. The maximum atomic E-state index is 6.24. The van der Waals surface area contributed by atoms with Gasteiger partial charge in [0.15, 0.2) is 0 Å². The van der Waals surface area contributed by atoms with Gasteiger partial charge in [0.2, 0.25) is 0 Å². The zero-order valence-corrected chi connectivity index (χ0v) is 12.3. The standard InChI is InChI=1S/C15H29NO2/c1-14(2)6-8-15(9-7-14)13(5-4-11-17-3)16-10-12-18-15/h13,16H,4-12H2,1-3H3. The van der Waals surface area contributed by atoms with Crippen LogP contribution in [0.1, 0.15) is 52.4 Å². The highest BCUT2D eigenvalue weighted by atomic mass is 16.5. The first-order valence-electron chi connectivity index (χ1n) is 7.44. The molecule has 2 aliphatic rings. The summed E-state index contributed by atoms with van der Waals surface area (Å²) in [7, 11) is 1.78.